The molecule has 0 bridgehead atoms. The van der Waals surface area contributed by atoms with Gasteiger partial charge in [0.05, 0.1) is 12.9 Å². The molecule has 0 spiro atoms. The summed E-state index contributed by atoms with van der Waals surface area (Å²) in [6.07, 6.45) is 11.5. The van der Waals surface area contributed by atoms with Crippen molar-refractivity contribution in [3.8, 4) is 0 Å². The van der Waals surface area contributed by atoms with E-state index in [4.69, 9.17) is 23.7 Å². The Bertz CT molecular complexity index is 552. The molecule has 1 N–H and O–H groups in total. The third-order valence-electron chi connectivity index (χ3n) is 5.69. The van der Waals surface area contributed by atoms with Gasteiger partial charge in [-0.1, -0.05) is 57.9 Å². The van der Waals surface area contributed by atoms with Crippen molar-refractivity contribution >= 4 is 5.91 Å². The molecule has 7 nitrogen and oxygen atoms in total. The number of hydrogen-bond acceptors (Lipinski definition) is 6. The number of carbonyl (C=O) groups is 1. The smallest absolute Gasteiger partial charge is 0.222 e. The molecule has 0 aromatic rings. The standard InChI is InChI=1S/C24H43NO6/c1-6-8-9-10-11-12-13-14-16-27-22-20(25-18(3)26)23(28-15-7-2)30-19-17-29-24(4,5)31-21(19)22/h7,15,19-23H,6,8-14,16-17H2,1-5H3,(H,25,26)/b15-7-/t19-,20-,21-,22-,23+/m1/s1. The molecule has 2 aliphatic heterocycles. The van der Waals surface area contributed by atoms with Gasteiger partial charge < -0.3 is 29.0 Å². The van der Waals surface area contributed by atoms with Gasteiger partial charge in [-0.15, -0.1) is 0 Å². The van der Waals surface area contributed by atoms with E-state index in [9.17, 15) is 4.79 Å². The fourth-order valence-corrected chi connectivity index (χ4v) is 4.14. The van der Waals surface area contributed by atoms with Crippen molar-refractivity contribution < 1.29 is 28.5 Å². The number of unbranched alkanes of at least 4 members (excludes halogenated alkanes) is 7. The van der Waals surface area contributed by atoms with Gasteiger partial charge in [-0.3, -0.25) is 4.79 Å². The lowest BCUT2D eigenvalue weighted by atomic mass is 9.95. The van der Waals surface area contributed by atoms with E-state index in [2.05, 4.69) is 12.2 Å². The molecule has 2 saturated heterocycles. The van der Waals surface area contributed by atoms with Crippen molar-refractivity contribution in [3.05, 3.63) is 12.3 Å². The van der Waals surface area contributed by atoms with Crippen LogP contribution in [0.3, 0.4) is 0 Å². The Morgan fingerprint density at radius 3 is 2.45 bits per heavy atom. The first-order valence-corrected chi connectivity index (χ1v) is 12.0. The summed E-state index contributed by atoms with van der Waals surface area (Å²) in [4.78, 5) is 11.9. The first kappa shape index (κ1) is 26.1. The second-order valence-corrected chi connectivity index (χ2v) is 8.98. The summed E-state index contributed by atoms with van der Waals surface area (Å²) in [5.41, 5.74) is 0. The van der Waals surface area contributed by atoms with Gasteiger partial charge in [0.2, 0.25) is 12.2 Å². The van der Waals surface area contributed by atoms with Crippen LogP contribution in [0.25, 0.3) is 0 Å². The van der Waals surface area contributed by atoms with Crippen LogP contribution < -0.4 is 5.32 Å². The minimum absolute atomic E-state index is 0.159. The molecule has 0 aromatic heterocycles. The zero-order chi connectivity index (χ0) is 22.7. The molecule has 0 saturated carbocycles. The third-order valence-corrected chi connectivity index (χ3v) is 5.69. The Balaban J connectivity index is 1.97. The minimum Gasteiger partial charge on any atom is -0.471 e. The second-order valence-electron chi connectivity index (χ2n) is 8.98. The van der Waals surface area contributed by atoms with Crippen LogP contribution in [0.15, 0.2) is 12.3 Å². The molecule has 2 fully saturated rings. The van der Waals surface area contributed by atoms with E-state index in [1.54, 1.807) is 12.3 Å². The Hall–Kier alpha value is -1.15. The largest absolute Gasteiger partial charge is 0.471 e. The lowest BCUT2D eigenvalue weighted by Gasteiger charge is -2.50. The number of carbonyl (C=O) groups excluding carboxylic acids is 1. The van der Waals surface area contributed by atoms with Crippen molar-refractivity contribution in [2.75, 3.05) is 13.2 Å². The molecule has 0 radical (unpaired) electrons. The maximum Gasteiger partial charge on any atom is 0.222 e. The SMILES string of the molecule is C/C=C\O[C@H]1O[C@@H]2COC(C)(C)O[C@H]2[C@H](OCCCCCCCCCC)[C@H]1NC(C)=O. The van der Waals surface area contributed by atoms with Crippen molar-refractivity contribution in [1.29, 1.82) is 0 Å². The topological polar surface area (TPSA) is 75.2 Å². The minimum atomic E-state index is -0.734. The zero-order valence-electron chi connectivity index (χ0n) is 20.1. The van der Waals surface area contributed by atoms with Gasteiger partial charge in [-0.25, -0.2) is 0 Å². The van der Waals surface area contributed by atoms with Crippen molar-refractivity contribution in [3.63, 3.8) is 0 Å². The average molecular weight is 442 g/mol. The van der Waals surface area contributed by atoms with Crippen molar-refractivity contribution in [1.82, 2.24) is 5.32 Å². The highest BCUT2D eigenvalue weighted by Gasteiger charge is 2.52. The van der Waals surface area contributed by atoms with Gasteiger partial charge in [0.15, 0.2) is 5.79 Å². The third kappa shape index (κ3) is 8.72. The molecule has 2 rings (SSSR count). The monoisotopic (exact) mass is 441 g/mol. The zero-order valence-corrected chi connectivity index (χ0v) is 20.1. The Labute approximate surface area is 188 Å². The molecule has 7 heteroatoms. The van der Waals surface area contributed by atoms with Crippen LogP contribution in [-0.4, -0.2) is 55.6 Å². The van der Waals surface area contributed by atoms with Crippen LogP contribution in [0.1, 0.15) is 86.0 Å². The van der Waals surface area contributed by atoms with E-state index < -0.39 is 18.1 Å². The number of fused-ring (bicyclic) bond motifs is 1. The molecular weight excluding hydrogens is 398 g/mol. The predicted octanol–water partition coefficient (Wildman–Crippen LogP) is 4.44. The van der Waals surface area contributed by atoms with Crippen LogP contribution in [0.5, 0.6) is 0 Å². The highest BCUT2D eigenvalue weighted by atomic mass is 16.8. The van der Waals surface area contributed by atoms with E-state index in [0.717, 1.165) is 12.8 Å². The van der Waals surface area contributed by atoms with Crippen LogP contribution in [0.2, 0.25) is 0 Å². The number of ether oxygens (including phenoxy) is 5. The number of amides is 1. The average Bonchev–Trinajstić information content (AvgIpc) is 2.71. The van der Waals surface area contributed by atoms with E-state index >= 15 is 0 Å². The summed E-state index contributed by atoms with van der Waals surface area (Å²) in [5, 5.41) is 2.96. The maximum absolute atomic E-state index is 11.9. The lowest BCUT2D eigenvalue weighted by molar-refractivity contribution is -0.368. The molecule has 2 aliphatic rings. The van der Waals surface area contributed by atoms with Gasteiger partial charge in [0, 0.05) is 13.5 Å². The fraction of sp³-hybridized carbons (Fsp3) is 0.875. The van der Waals surface area contributed by atoms with Gasteiger partial charge in [0.25, 0.3) is 0 Å². The fourth-order valence-electron chi connectivity index (χ4n) is 4.14. The summed E-state index contributed by atoms with van der Waals surface area (Å²) >= 11 is 0. The maximum atomic E-state index is 11.9. The van der Waals surface area contributed by atoms with Crippen LogP contribution in [0, 0.1) is 0 Å². The molecular formula is C24H43NO6. The van der Waals surface area contributed by atoms with Crippen LogP contribution in [-0.2, 0) is 28.5 Å². The summed E-state index contributed by atoms with van der Waals surface area (Å²) in [7, 11) is 0. The molecule has 0 unspecified atom stereocenters. The number of nitrogens with one attached hydrogen (secondary N) is 1. The van der Waals surface area contributed by atoms with E-state index in [1.165, 1.54) is 45.4 Å². The highest BCUT2D eigenvalue weighted by Crippen LogP contribution is 2.34. The number of allylic oxidation sites excluding steroid dienone is 1. The molecule has 5 atom stereocenters. The van der Waals surface area contributed by atoms with E-state index in [1.807, 2.05) is 20.8 Å². The van der Waals surface area contributed by atoms with Crippen LogP contribution >= 0.6 is 0 Å². The molecule has 0 aliphatic carbocycles. The van der Waals surface area contributed by atoms with Crippen molar-refractivity contribution in [2.45, 2.75) is 122 Å². The first-order valence-electron chi connectivity index (χ1n) is 12.0. The Morgan fingerprint density at radius 2 is 1.81 bits per heavy atom. The van der Waals surface area contributed by atoms with Crippen LogP contribution in [0.4, 0.5) is 0 Å². The summed E-state index contributed by atoms with van der Waals surface area (Å²) in [6.45, 7) is 10.4. The number of hydrogen-bond donors (Lipinski definition) is 1. The normalized spacial score (nSPS) is 30.2. The molecule has 1 amide bonds. The highest BCUT2D eigenvalue weighted by molar-refractivity contribution is 5.73. The molecule has 31 heavy (non-hydrogen) atoms. The molecule has 0 aromatic carbocycles. The van der Waals surface area contributed by atoms with Gasteiger partial charge in [-0.2, -0.15) is 0 Å². The molecule has 180 valence electrons. The quantitative estimate of drug-likeness (QED) is 0.336. The second kappa shape index (κ2) is 13.4. The summed E-state index contributed by atoms with van der Waals surface area (Å²) < 4.78 is 30.2. The Morgan fingerprint density at radius 1 is 1.13 bits per heavy atom. The molecule has 2 heterocycles. The predicted molar refractivity (Wildman–Crippen MR) is 119 cm³/mol. The van der Waals surface area contributed by atoms with E-state index in [0.29, 0.717) is 13.2 Å². The summed E-state index contributed by atoms with van der Waals surface area (Å²) in [5.74, 6) is -0.893. The number of rotatable bonds is 13. The Kier molecular flexibility index (Phi) is 11.3. The van der Waals surface area contributed by atoms with Gasteiger partial charge in [-0.05, 0) is 27.2 Å². The van der Waals surface area contributed by atoms with E-state index in [-0.39, 0.29) is 24.2 Å². The van der Waals surface area contributed by atoms with Crippen molar-refractivity contribution in [2.24, 2.45) is 0 Å². The van der Waals surface area contributed by atoms with Gasteiger partial charge in [0.1, 0.15) is 24.4 Å². The van der Waals surface area contributed by atoms with Gasteiger partial charge >= 0.3 is 0 Å². The summed E-state index contributed by atoms with van der Waals surface area (Å²) in [6, 6.07) is -0.474. The first-order chi connectivity index (χ1) is 14.9. The lowest BCUT2D eigenvalue weighted by Crippen LogP contribution is -2.68.